The van der Waals surface area contributed by atoms with Gasteiger partial charge in [-0.1, -0.05) is 0 Å². The summed E-state index contributed by atoms with van der Waals surface area (Å²) in [5.41, 5.74) is 6.44. The van der Waals surface area contributed by atoms with E-state index in [0.29, 0.717) is 10.6 Å². The van der Waals surface area contributed by atoms with E-state index in [0.717, 1.165) is 10.2 Å². The van der Waals surface area contributed by atoms with E-state index in [-0.39, 0.29) is 11.9 Å². The van der Waals surface area contributed by atoms with Gasteiger partial charge in [-0.2, -0.15) is 0 Å². The van der Waals surface area contributed by atoms with Crippen LogP contribution in [0.15, 0.2) is 18.3 Å². The Labute approximate surface area is 97.5 Å². The fraction of sp³-hybridized carbons (Fsp3) is 0.273. The first-order valence-electron chi connectivity index (χ1n) is 5.03. The summed E-state index contributed by atoms with van der Waals surface area (Å²) in [5.74, 6) is -0.129. The van der Waals surface area contributed by atoms with Crippen LogP contribution in [-0.2, 0) is 0 Å². The second-order valence-corrected chi connectivity index (χ2v) is 4.83. The maximum Gasteiger partial charge on any atom is 0.263 e. The highest BCUT2D eigenvalue weighted by molar-refractivity contribution is 7.21. The van der Waals surface area contributed by atoms with Crippen LogP contribution in [0.25, 0.3) is 10.2 Å². The van der Waals surface area contributed by atoms with Gasteiger partial charge in [0.1, 0.15) is 9.71 Å². The van der Waals surface area contributed by atoms with E-state index in [1.165, 1.54) is 11.3 Å². The maximum atomic E-state index is 11.8. The Morgan fingerprint density at radius 2 is 2.31 bits per heavy atom. The van der Waals surface area contributed by atoms with Crippen molar-refractivity contribution in [3.05, 3.63) is 23.2 Å². The number of hydrogen-bond donors (Lipinski definition) is 2. The summed E-state index contributed by atoms with van der Waals surface area (Å²) >= 11 is 1.33. The van der Waals surface area contributed by atoms with Crippen molar-refractivity contribution in [1.29, 1.82) is 0 Å². The van der Waals surface area contributed by atoms with Crippen LogP contribution < -0.4 is 11.1 Å². The molecule has 0 spiro atoms. The molecule has 0 aliphatic heterocycles. The van der Waals surface area contributed by atoms with Crippen LogP contribution in [0, 0.1) is 0 Å². The second-order valence-electron chi connectivity index (χ2n) is 3.83. The third-order valence-corrected chi connectivity index (χ3v) is 3.26. The lowest BCUT2D eigenvalue weighted by Crippen LogP contribution is -2.29. The number of nitrogens with zero attached hydrogens (tertiary/aromatic N) is 1. The van der Waals surface area contributed by atoms with Crippen molar-refractivity contribution in [2.24, 2.45) is 0 Å². The van der Waals surface area contributed by atoms with Gasteiger partial charge in [-0.15, -0.1) is 11.3 Å². The quantitative estimate of drug-likeness (QED) is 0.836. The van der Waals surface area contributed by atoms with Gasteiger partial charge in [0.15, 0.2) is 0 Å². The summed E-state index contributed by atoms with van der Waals surface area (Å²) in [6.07, 6.45) is 1.70. The van der Waals surface area contributed by atoms with E-state index in [1.807, 2.05) is 26.0 Å². The number of carbonyl (C=O) groups excluding carboxylic acids is 1. The molecule has 0 atom stereocenters. The maximum absolute atomic E-state index is 11.8. The predicted octanol–water partition coefficient (Wildman–Crippen LogP) is 2.02. The Hall–Kier alpha value is -1.62. The van der Waals surface area contributed by atoms with E-state index in [1.54, 1.807) is 6.20 Å². The number of fused-ring (bicyclic) bond motifs is 1. The number of aromatic nitrogens is 1. The number of thiophene rings is 1. The number of amides is 1. The number of rotatable bonds is 2. The monoisotopic (exact) mass is 235 g/mol. The van der Waals surface area contributed by atoms with Gasteiger partial charge in [0, 0.05) is 17.6 Å². The molecule has 2 aromatic heterocycles. The number of hydrogen-bond acceptors (Lipinski definition) is 4. The second kappa shape index (κ2) is 4.09. The van der Waals surface area contributed by atoms with Crippen molar-refractivity contribution in [3.63, 3.8) is 0 Å². The summed E-state index contributed by atoms with van der Waals surface area (Å²) < 4.78 is 0. The highest BCUT2D eigenvalue weighted by Crippen LogP contribution is 2.31. The van der Waals surface area contributed by atoms with Crippen molar-refractivity contribution in [2.45, 2.75) is 19.9 Å². The first-order valence-corrected chi connectivity index (χ1v) is 5.85. The standard InChI is InChI=1S/C11H13N3OS/c1-6(2)14-10(15)9-8(12)7-4-3-5-13-11(7)16-9/h3-6H,12H2,1-2H3,(H,14,15). The van der Waals surface area contributed by atoms with Crippen LogP contribution in [0.3, 0.4) is 0 Å². The van der Waals surface area contributed by atoms with Gasteiger partial charge in [-0.05, 0) is 26.0 Å². The van der Waals surface area contributed by atoms with Crippen molar-refractivity contribution < 1.29 is 4.79 Å². The van der Waals surface area contributed by atoms with Gasteiger partial charge in [0.05, 0.1) is 5.69 Å². The lowest BCUT2D eigenvalue weighted by molar-refractivity contribution is 0.0948. The average molecular weight is 235 g/mol. The summed E-state index contributed by atoms with van der Waals surface area (Å²) in [5, 5.41) is 3.67. The fourth-order valence-corrected chi connectivity index (χ4v) is 2.41. The molecule has 16 heavy (non-hydrogen) atoms. The number of nitrogens with two attached hydrogens (primary N) is 1. The normalized spacial score (nSPS) is 10.9. The van der Waals surface area contributed by atoms with Crippen LogP contribution in [0.2, 0.25) is 0 Å². The molecular weight excluding hydrogens is 222 g/mol. The predicted molar refractivity (Wildman–Crippen MR) is 66.6 cm³/mol. The third kappa shape index (κ3) is 1.86. The Morgan fingerprint density at radius 3 is 2.94 bits per heavy atom. The summed E-state index contributed by atoms with van der Waals surface area (Å²) in [4.78, 5) is 17.4. The molecule has 2 heterocycles. The van der Waals surface area contributed by atoms with Crippen LogP contribution in [0.4, 0.5) is 5.69 Å². The Balaban J connectivity index is 2.45. The molecule has 0 unspecified atom stereocenters. The first-order chi connectivity index (χ1) is 7.59. The van der Waals surface area contributed by atoms with Crippen LogP contribution in [-0.4, -0.2) is 16.9 Å². The number of carbonyl (C=O) groups is 1. The molecule has 1 amide bonds. The molecule has 2 rings (SSSR count). The lowest BCUT2D eigenvalue weighted by atomic mass is 10.2. The molecule has 0 radical (unpaired) electrons. The molecule has 5 heteroatoms. The van der Waals surface area contributed by atoms with E-state index in [9.17, 15) is 4.79 Å². The number of anilines is 1. The summed E-state index contributed by atoms with van der Waals surface area (Å²) in [6, 6.07) is 3.79. The number of nitrogen functional groups attached to an aromatic ring is 1. The van der Waals surface area contributed by atoms with Gasteiger partial charge in [0.25, 0.3) is 5.91 Å². The molecule has 0 saturated carbocycles. The van der Waals surface area contributed by atoms with Crippen molar-refractivity contribution in [3.8, 4) is 0 Å². The van der Waals surface area contributed by atoms with Crippen molar-refractivity contribution >= 4 is 33.1 Å². The van der Waals surface area contributed by atoms with Crippen LogP contribution in [0.1, 0.15) is 23.5 Å². The molecular formula is C11H13N3OS. The SMILES string of the molecule is CC(C)NC(=O)c1sc2ncccc2c1N. The van der Waals surface area contributed by atoms with Gasteiger partial charge >= 0.3 is 0 Å². The minimum Gasteiger partial charge on any atom is -0.397 e. The minimum atomic E-state index is -0.129. The van der Waals surface area contributed by atoms with Crippen LogP contribution in [0.5, 0.6) is 0 Å². The van der Waals surface area contributed by atoms with Gasteiger partial charge in [0.2, 0.25) is 0 Å². The molecule has 4 nitrogen and oxygen atoms in total. The van der Waals surface area contributed by atoms with Crippen molar-refractivity contribution in [1.82, 2.24) is 10.3 Å². The van der Waals surface area contributed by atoms with Crippen molar-refractivity contribution in [2.75, 3.05) is 5.73 Å². The largest absolute Gasteiger partial charge is 0.397 e. The van der Waals surface area contributed by atoms with Gasteiger partial charge in [-0.3, -0.25) is 4.79 Å². The fourth-order valence-electron chi connectivity index (χ4n) is 1.45. The molecule has 0 aromatic carbocycles. The zero-order valence-corrected chi connectivity index (χ0v) is 9.97. The van der Waals surface area contributed by atoms with E-state index < -0.39 is 0 Å². The zero-order chi connectivity index (χ0) is 11.7. The molecule has 3 N–H and O–H groups in total. The average Bonchev–Trinajstić information content (AvgIpc) is 2.56. The third-order valence-electron chi connectivity index (χ3n) is 2.13. The lowest BCUT2D eigenvalue weighted by Gasteiger charge is -2.06. The molecule has 0 saturated heterocycles. The Kier molecular flexibility index (Phi) is 2.78. The first kappa shape index (κ1) is 10.9. The van der Waals surface area contributed by atoms with Gasteiger partial charge < -0.3 is 11.1 Å². The summed E-state index contributed by atoms with van der Waals surface area (Å²) in [7, 11) is 0. The molecule has 0 aliphatic carbocycles. The van der Waals surface area contributed by atoms with E-state index in [4.69, 9.17) is 5.73 Å². The van der Waals surface area contributed by atoms with Crippen LogP contribution >= 0.6 is 11.3 Å². The zero-order valence-electron chi connectivity index (χ0n) is 9.15. The topological polar surface area (TPSA) is 68.0 Å². The van der Waals surface area contributed by atoms with Gasteiger partial charge in [-0.25, -0.2) is 4.98 Å². The molecule has 0 bridgehead atoms. The molecule has 0 aliphatic rings. The minimum absolute atomic E-state index is 0.102. The number of pyridine rings is 1. The molecule has 2 aromatic rings. The molecule has 0 fully saturated rings. The van der Waals surface area contributed by atoms with E-state index in [2.05, 4.69) is 10.3 Å². The highest BCUT2D eigenvalue weighted by Gasteiger charge is 2.16. The Bertz CT molecular complexity index is 533. The van der Waals surface area contributed by atoms with E-state index >= 15 is 0 Å². The highest BCUT2D eigenvalue weighted by atomic mass is 32.1. The smallest absolute Gasteiger partial charge is 0.263 e. The molecule has 84 valence electrons. The summed E-state index contributed by atoms with van der Waals surface area (Å²) in [6.45, 7) is 3.83. The Morgan fingerprint density at radius 1 is 1.56 bits per heavy atom. The number of nitrogens with one attached hydrogen (secondary N) is 1.